The normalized spacial score (nSPS) is 1.00. The molecule has 1 nitrogen and oxygen atoms in total. The van der Waals surface area contributed by atoms with Gasteiger partial charge >= 0.3 is 23.2 Å². The predicted molar refractivity (Wildman–Crippen MR) is 21.3 cm³/mol. The van der Waals surface area contributed by atoms with Gasteiger partial charge in [-0.05, 0) is 0 Å². The summed E-state index contributed by atoms with van der Waals surface area (Å²) in [6, 6.07) is 0. The quantitative estimate of drug-likeness (QED) is 0.603. The average Bonchev–Trinajstić information content (AvgIpc) is 1.00. The summed E-state index contributed by atoms with van der Waals surface area (Å²) in [6.45, 7) is 0. The summed E-state index contributed by atoms with van der Waals surface area (Å²) in [5.74, 6) is 0. The number of halogens is 2. The third-order valence-electron chi connectivity index (χ3n) is 0. The Hall–Kier alpha value is 1.45. The molecule has 0 aliphatic rings. The van der Waals surface area contributed by atoms with Crippen molar-refractivity contribution in [1.82, 2.24) is 0 Å². The fourth-order valence-electron chi connectivity index (χ4n) is 0. The van der Waals surface area contributed by atoms with E-state index >= 15 is 0 Å². The van der Waals surface area contributed by atoms with E-state index in [1.54, 1.807) is 0 Å². The monoisotopic (exact) mass is 274 g/mol. The van der Waals surface area contributed by atoms with Crippen molar-refractivity contribution in [3.8, 4) is 0 Å². The van der Waals surface area contributed by atoms with Gasteiger partial charge in [0.25, 0.3) is 0 Å². The van der Waals surface area contributed by atoms with Gasteiger partial charge < -0.3 is 0 Å². The second-order valence-corrected chi connectivity index (χ2v) is 0. The molecule has 0 N–H and O–H groups in total. The van der Waals surface area contributed by atoms with Crippen LogP contribution in [0.15, 0.2) is 0 Å². The van der Waals surface area contributed by atoms with Gasteiger partial charge in [-0.25, -0.2) is 0 Å². The molecule has 28 valence electrons. The maximum atomic E-state index is 8.26. The van der Waals surface area contributed by atoms with Gasteiger partial charge in [0.05, 0.1) is 0 Å². The molecule has 0 rings (SSSR count). The molecule has 0 aliphatic carbocycles. The first-order chi connectivity index (χ1) is 1.00. The van der Waals surface area contributed by atoms with Crippen LogP contribution in [0.3, 0.4) is 0 Å². The van der Waals surface area contributed by atoms with E-state index in [1.807, 2.05) is 0 Å². The Morgan fingerprint density at radius 2 is 1.00 bits per heavy atom. The summed E-state index contributed by atoms with van der Waals surface area (Å²) in [5.41, 5.74) is 0. The molecule has 0 saturated heterocycles. The van der Waals surface area contributed by atoms with Crippen LogP contribution in [0.5, 0.6) is 0 Å². The number of rotatable bonds is 0. The standard InChI is InChI=1S/2BrH.Mo.O/h2*1H;;. The average molecular weight is 274 g/mol. The predicted octanol–water partition coefficient (Wildman–Crippen LogP) is 1.03. The van der Waals surface area contributed by atoms with E-state index in [2.05, 4.69) is 0 Å². The molecule has 4 heavy (non-hydrogen) atoms. The molecule has 4 heteroatoms. The summed E-state index contributed by atoms with van der Waals surface area (Å²) in [7, 11) is 0. The number of hydrogen-bond donors (Lipinski definition) is 0. The molecule has 0 aromatic carbocycles. The van der Waals surface area contributed by atoms with Crippen molar-refractivity contribution in [2.24, 2.45) is 0 Å². The molecular formula is H2Br2MoO. The minimum absolute atomic E-state index is 0. The van der Waals surface area contributed by atoms with Crippen molar-refractivity contribution in [2.75, 3.05) is 0 Å². The van der Waals surface area contributed by atoms with Crippen molar-refractivity contribution in [1.29, 1.82) is 0 Å². The van der Waals surface area contributed by atoms with Crippen molar-refractivity contribution in [3.05, 3.63) is 0 Å². The molecule has 0 aliphatic heterocycles. The molecule has 0 atom stereocenters. The Balaban J connectivity index is -0.00000000500. The van der Waals surface area contributed by atoms with Crippen LogP contribution in [0.2, 0.25) is 0 Å². The van der Waals surface area contributed by atoms with Crippen LogP contribution in [0.25, 0.3) is 0 Å². The summed E-state index contributed by atoms with van der Waals surface area (Å²) in [6.07, 6.45) is 0. The Morgan fingerprint density at radius 3 is 1.00 bits per heavy atom. The summed E-state index contributed by atoms with van der Waals surface area (Å²) in [5, 5.41) is 0. The fourth-order valence-corrected chi connectivity index (χ4v) is 0. The summed E-state index contributed by atoms with van der Waals surface area (Å²) >= 11 is 0.700. The van der Waals surface area contributed by atoms with E-state index in [1.165, 1.54) is 0 Å². The van der Waals surface area contributed by atoms with Gasteiger partial charge in [0.15, 0.2) is 0 Å². The van der Waals surface area contributed by atoms with Gasteiger partial charge in [0.2, 0.25) is 0 Å². The Bertz CT molecular complexity index is 6.00. The zero-order chi connectivity index (χ0) is 2.00. The molecule has 0 aromatic rings. The first kappa shape index (κ1) is 18.0. The maximum absolute atomic E-state index is 8.26. The van der Waals surface area contributed by atoms with Crippen molar-refractivity contribution >= 4 is 34.0 Å². The minimum atomic E-state index is 0. The van der Waals surface area contributed by atoms with Crippen LogP contribution < -0.4 is 0 Å². The van der Waals surface area contributed by atoms with Crippen LogP contribution in [0.1, 0.15) is 0 Å². The third-order valence-corrected chi connectivity index (χ3v) is 0. The van der Waals surface area contributed by atoms with Gasteiger partial charge in [-0.15, -0.1) is 34.0 Å². The van der Waals surface area contributed by atoms with E-state index in [0.29, 0.717) is 19.8 Å². The molecule has 0 radical (unpaired) electrons. The third kappa shape index (κ3) is 9.85. The zero-order valence-corrected chi connectivity index (χ0v) is 7.07. The zero-order valence-electron chi connectivity index (χ0n) is 1.63. The van der Waals surface area contributed by atoms with E-state index in [0.717, 1.165) is 0 Å². The van der Waals surface area contributed by atoms with Gasteiger partial charge in [0, 0.05) is 0 Å². The first-order valence-electron chi connectivity index (χ1n) is 0.167. The first-order valence-corrected chi connectivity index (χ1v) is 0.986. The molecule has 0 unspecified atom stereocenters. The van der Waals surface area contributed by atoms with Crippen molar-refractivity contribution < 1.29 is 23.2 Å². The van der Waals surface area contributed by atoms with Gasteiger partial charge in [0.1, 0.15) is 0 Å². The number of hydrogen-bond acceptors (Lipinski definition) is 1. The molecule has 0 spiro atoms. The van der Waals surface area contributed by atoms with E-state index in [9.17, 15) is 0 Å². The topological polar surface area (TPSA) is 17.1 Å². The molecular weight excluding hydrogens is 272 g/mol. The second kappa shape index (κ2) is 25.2. The van der Waals surface area contributed by atoms with Crippen LogP contribution >= 0.6 is 34.0 Å². The molecule has 0 bridgehead atoms. The Morgan fingerprint density at radius 1 is 1.00 bits per heavy atom. The summed E-state index contributed by atoms with van der Waals surface area (Å²) < 4.78 is 8.26. The van der Waals surface area contributed by atoms with Crippen LogP contribution in [-0.2, 0) is 23.2 Å². The van der Waals surface area contributed by atoms with Crippen LogP contribution in [-0.4, -0.2) is 0 Å². The molecule has 0 fully saturated rings. The molecule has 0 aromatic heterocycles. The van der Waals surface area contributed by atoms with E-state index < -0.39 is 0 Å². The van der Waals surface area contributed by atoms with Crippen molar-refractivity contribution in [2.45, 2.75) is 0 Å². The van der Waals surface area contributed by atoms with Crippen LogP contribution in [0.4, 0.5) is 0 Å². The van der Waals surface area contributed by atoms with Gasteiger partial charge in [-0.3, -0.25) is 0 Å². The Labute approximate surface area is 56.9 Å². The van der Waals surface area contributed by atoms with E-state index in [4.69, 9.17) is 3.40 Å². The van der Waals surface area contributed by atoms with Crippen LogP contribution in [0, 0.1) is 0 Å². The molecule has 0 saturated carbocycles. The second-order valence-electron chi connectivity index (χ2n) is 0. The molecule has 0 amide bonds. The Kier molecular flexibility index (Phi) is 113. The molecule has 0 heterocycles. The van der Waals surface area contributed by atoms with Crippen molar-refractivity contribution in [3.63, 3.8) is 0 Å². The van der Waals surface area contributed by atoms with E-state index in [-0.39, 0.29) is 34.0 Å². The SMILES string of the molecule is Br.Br.[O]=[Mo]. The fraction of sp³-hybridized carbons (Fsp3) is 0. The summed E-state index contributed by atoms with van der Waals surface area (Å²) in [4.78, 5) is 0. The van der Waals surface area contributed by atoms with Gasteiger partial charge in [-0.2, -0.15) is 0 Å². The van der Waals surface area contributed by atoms with Gasteiger partial charge in [-0.1, -0.05) is 0 Å².